The summed E-state index contributed by atoms with van der Waals surface area (Å²) < 4.78 is 0. The van der Waals surface area contributed by atoms with Crippen LogP contribution in [-0.4, -0.2) is 28.1 Å². The lowest BCUT2D eigenvalue weighted by molar-refractivity contribution is -0.117. The maximum absolute atomic E-state index is 12.5. The molecule has 1 aromatic carbocycles. The molecule has 2 heterocycles. The molecule has 1 saturated heterocycles. The van der Waals surface area contributed by atoms with Crippen LogP contribution in [-0.2, 0) is 11.2 Å². The van der Waals surface area contributed by atoms with Crippen molar-refractivity contribution in [1.82, 2.24) is 0 Å². The van der Waals surface area contributed by atoms with Crippen molar-refractivity contribution in [1.29, 1.82) is 0 Å². The number of hydrogen-bond acceptors (Lipinski definition) is 4. The standard InChI is InChI=1S/C24H29NO4S/c1-2-3-4-8-21(26)17-9-11-19(12-10-17)25-18(13-16-23(25)27)6-5-7-20-14-15-22(30-20)24(28)29/h5-6,9-12,14-15,18,21,26H,2-4,7-8,13,16H2,1H3,(H,28,29)/b6-5+/t18?,21-/m0/s1. The first kappa shape index (κ1) is 22.2. The van der Waals surface area contributed by atoms with E-state index < -0.39 is 12.1 Å². The number of aromatic carboxylic acids is 1. The number of benzene rings is 1. The number of aliphatic hydroxyl groups is 1. The normalized spacial score (nSPS) is 17.7. The minimum atomic E-state index is -0.901. The summed E-state index contributed by atoms with van der Waals surface area (Å²) in [5.41, 5.74) is 1.74. The van der Waals surface area contributed by atoms with Gasteiger partial charge in [0.15, 0.2) is 0 Å². The zero-order valence-electron chi connectivity index (χ0n) is 17.3. The van der Waals surface area contributed by atoms with E-state index in [1.54, 1.807) is 6.07 Å². The summed E-state index contributed by atoms with van der Waals surface area (Å²) in [7, 11) is 0. The molecule has 0 spiro atoms. The molecule has 2 atom stereocenters. The first-order valence-electron chi connectivity index (χ1n) is 10.6. The van der Waals surface area contributed by atoms with Crippen molar-refractivity contribution in [3.63, 3.8) is 0 Å². The van der Waals surface area contributed by atoms with E-state index in [4.69, 9.17) is 5.11 Å². The van der Waals surface area contributed by atoms with Gasteiger partial charge in [-0.1, -0.05) is 50.5 Å². The number of hydrogen-bond donors (Lipinski definition) is 2. The Balaban J connectivity index is 1.63. The molecule has 1 aromatic heterocycles. The van der Waals surface area contributed by atoms with Crippen molar-refractivity contribution in [2.24, 2.45) is 0 Å². The third-order valence-electron chi connectivity index (χ3n) is 5.44. The zero-order valence-corrected chi connectivity index (χ0v) is 18.1. The molecule has 6 heteroatoms. The van der Waals surface area contributed by atoms with Crippen LogP contribution >= 0.6 is 11.3 Å². The number of nitrogens with zero attached hydrogens (tertiary/aromatic N) is 1. The zero-order chi connectivity index (χ0) is 21.5. The molecule has 160 valence electrons. The lowest BCUT2D eigenvalue weighted by atomic mass is 10.0. The molecule has 0 radical (unpaired) electrons. The fraction of sp³-hybridized carbons (Fsp3) is 0.417. The number of amides is 1. The summed E-state index contributed by atoms with van der Waals surface area (Å²) in [6, 6.07) is 11.1. The molecule has 1 unspecified atom stereocenters. The lowest BCUT2D eigenvalue weighted by Crippen LogP contribution is -2.31. The molecular formula is C24H29NO4S. The number of rotatable bonds is 10. The van der Waals surface area contributed by atoms with Gasteiger partial charge in [0.2, 0.25) is 5.91 Å². The van der Waals surface area contributed by atoms with Crippen LogP contribution in [0.1, 0.15) is 71.7 Å². The van der Waals surface area contributed by atoms with Gasteiger partial charge >= 0.3 is 5.97 Å². The SMILES string of the molecule is CCCCC[C@H](O)c1ccc(N2C(=O)CCC2/C=C/Cc2ccc(C(=O)O)s2)cc1. The maximum Gasteiger partial charge on any atom is 0.345 e. The molecule has 1 aliphatic rings. The molecular weight excluding hydrogens is 398 g/mol. The molecule has 1 aliphatic heterocycles. The first-order chi connectivity index (χ1) is 14.5. The quantitative estimate of drug-likeness (QED) is 0.395. The number of carbonyl (C=O) groups is 2. The Labute approximate surface area is 181 Å². The van der Waals surface area contributed by atoms with Crippen molar-refractivity contribution < 1.29 is 19.8 Å². The number of unbranched alkanes of at least 4 members (excludes halogenated alkanes) is 2. The minimum absolute atomic E-state index is 0.00302. The van der Waals surface area contributed by atoms with E-state index in [-0.39, 0.29) is 11.9 Å². The van der Waals surface area contributed by atoms with Crippen molar-refractivity contribution in [3.8, 4) is 0 Å². The highest BCUT2D eigenvalue weighted by Gasteiger charge is 2.30. The van der Waals surface area contributed by atoms with Gasteiger partial charge in [-0.25, -0.2) is 4.79 Å². The van der Waals surface area contributed by atoms with Crippen LogP contribution in [0.5, 0.6) is 0 Å². The van der Waals surface area contributed by atoms with E-state index in [9.17, 15) is 14.7 Å². The number of anilines is 1. The van der Waals surface area contributed by atoms with Gasteiger partial charge in [0.1, 0.15) is 4.88 Å². The van der Waals surface area contributed by atoms with Crippen LogP contribution in [0.4, 0.5) is 5.69 Å². The number of carbonyl (C=O) groups excluding carboxylic acids is 1. The second-order valence-corrected chi connectivity index (χ2v) is 8.84. The van der Waals surface area contributed by atoms with E-state index in [0.717, 1.165) is 48.2 Å². The molecule has 5 nitrogen and oxygen atoms in total. The molecule has 2 N–H and O–H groups in total. The first-order valence-corrected chi connectivity index (χ1v) is 11.4. The summed E-state index contributed by atoms with van der Waals surface area (Å²) >= 11 is 1.28. The largest absolute Gasteiger partial charge is 0.477 e. The van der Waals surface area contributed by atoms with E-state index in [2.05, 4.69) is 6.92 Å². The summed E-state index contributed by atoms with van der Waals surface area (Å²) in [5, 5.41) is 19.4. The fourth-order valence-electron chi connectivity index (χ4n) is 3.78. The highest BCUT2D eigenvalue weighted by atomic mass is 32.1. The summed E-state index contributed by atoms with van der Waals surface area (Å²) in [6.45, 7) is 2.15. The van der Waals surface area contributed by atoms with E-state index in [0.29, 0.717) is 17.7 Å². The Morgan fingerprint density at radius 2 is 2.00 bits per heavy atom. The molecule has 2 aromatic rings. The Hall–Kier alpha value is -2.44. The van der Waals surface area contributed by atoms with Crippen LogP contribution in [0.3, 0.4) is 0 Å². The van der Waals surface area contributed by atoms with Crippen LogP contribution in [0, 0.1) is 0 Å². The van der Waals surface area contributed by atoms with Gasteiger partial charge < -0.3 is 15.1 Å². The summed E-state index contributed by atoms with van der Waals surface area (Å²) in [4.78, 5) is 26.6. The second-order valence-electron chi connectivity index (χ2n) is 7.68. The van der Waals surface area contributed by atoms with Crippen LogP contribution < -0.4 is 4.90 Å². The third-order valence-corrected chi connectivity index (χ3v) is 6.54. The third kappa shape index (κ3) is 5.58. The second kappa shape index (κ2) is 10.5. The van der Waals surface area contributed by atoms with Crippen LogP contribution in [0.15, 0.2) is 48.6 Å². The predicted octanol–water partition coefficient (Wildman–Crippen LogP) is 5.35. The molecule has 1 amide bonds. The van der Waals surface area contributed by atoms with Crippen LogP contribution in [0.2, 0.25) is 0 Å². The molecule has 0 aliphatic carbocycles. The highest BCUT2D eigenvalue weighted by molar-refractivity contribution is 7.13. The van der Waals surface area contributed by atoms with Gasteiger partial charge in [-0.05, 0) is 49.1 Å². The van der Waals surface area contributed by atoms with Crippen molar-refractivity contribution >= 4 is 28.9 Å². The molecule has 0 saturated carbocycles. The Bertz CT molecular complexity index is 887. The average molecular weight is 428 g/mol. The average Bonchev–Trinajstić information content (AvgIpc) is 3.35. The number of allylic oxidation sites excluding steroid dienone is 1. The van der Waals surface area contributed by atoms with Gasteiger partial charge in [-0.3, -0.25) is 4.79 Å². The Kier molecular flexibility index (Phi) is 7.82. The molecule has 3 rings (SSSR count). The smallest absolute Gasteiger partial charge is 0.345 e. The van der Waals surface area contributed by atoms with Crippen molar-refractivity contribution in [2.75, 3.05) is 4.90 Å². The van der Waals surface area contributed by atoms with E-state index in [1.807, 2.05) is 47.4 Å². The predicted molar refractivity (Wildman–Crippen MR) is 120 cm³/mol. The van der Waals surface area contributed by atoms with E-state index in [1.165, 1.54) is 11.3 Å². The van der Waals surface area contributed by atoms with Gasteiger partial charge in [-0.2, -0.15) is 0 Å². The number of carboxylic acids is 1. The lowest BCUT2D eigenvalue weighted by Gasteiger charge is -2.23. The van der Waals surface area contributed by atoms with E-state index >= 15 is 0 Å². The molecule has 0 bridgehead atoms. The van der Waals surface area contributed by atoms with Crippen molar-refractivity contribution in [3.05, 3.63) is 63.9 Å². The van der Waals surface area contributed by atoms with Gasteiger partial charge in [0.05, 0.1) is 12.1 Å². The van der Waals surface area contributed by atoms with Gasteiger partial charge in [0, 0.05) is 17.0 Å². The van der Waals surface area contributed by atoms with Gasteiger partial charge in [0.25, 0.3) is 0 Å². The van der Waals surface area contributed by atoms with Crippen molar-refractivity contribution in [2.45, 2.75) is 64.0 Å². The Morgan fingerprint density at radius 1 is 1.23 bits per heavy atom. The van der Waals surface area contributed by atoms with Gasteiger partial charge in [-0.15, -0.1) is 11.3 Å². The van der Waals surface area contributed by atoms with Crippen LogP contribution in [0.25, 0.3) is 0 Å². The number of carboxylic acid groups (broad SMARTS) is 1. The topological polar surface area (TPSA) is 77.8 Å². The highest BCUT2D eigenvalue weighted by Crippen LogP contribution is 2.30. The Morgan fingerprint density at radius 3 is 2.67 bits per heavy atom. The fourth-order valence-corrected chi connectivity index (χ4v) is 4.60. The maximum atomic E-state index is 12.5. The molecule has 30 heavy (non-hydrogen) atoms. The summed E-state index contributed by atoms with van der Waals surface area (Å²) in [5.74, 6) is -0.799. The monoisotopic (exact) mass is 427 g/mol. The molecule has 1 fully saturated rings. The minimum Gasteiger partial charge on any atom is -0.477 e. The number of thiophene rings is 1. The number of aliphatic hydroxyl groups excluding tert-OH is 1. The summed E-state index contributed by atoms with van der Waals surface area (Å²) in [6.07, 6.45) is 9.54.